The first-order valence-electron chi connectivity index (χ1n) is 7.93. The Morgan fingerprint density at radius 1 is 1.25 bits per heavy atom. The number of hydrogen-bond acceptors (Lipinski definition) is 4. The Morgan fingerprint density at radius 2 is 2.04 bits per heavy atom. The third-order valence-electron chi connectivity index (χ3n) is 4.40. The van der Waals surface area contributed by atoms with Crippen molar-refractivity contribution in [2.24, 2.45) is 0 Å². The maximum Gasteiger partial charge on any atom is 0.266 e. The van der Waals surface area contributed by atoms with Crippen LogP contribution in [0.2, 0.25) is 0 Å². The van der Waals surface area contributed by atoms with Crippen LogP contribution in [0.1, 0.15) is 37.8 Å². The van der Waals surface area contributed by atoms with Crippen molar-refractivity contribution in [3.05, 3.63) is 69.7 Å². The summed E-state index contributed by atoms with van der Waals surface area (Å²) in [6.45, 7) is 5.08. The molecule has 24 heavy (non-hydrogen) atoms. The Morgan fingerprint density at radius 3 is 2.75 bits per heavy atom. The second kappa shape index (κ2) is 5.87. The molecule has 1 aliphatic heterocycles. The van der Waals surface area contributed by atoms with Crippen LogP contribution in [-0.2, 0) is 13.1 Å². The van der Waals surface area contributed by atoms with Crippen LogP contribution < -0.4 is 0 Å². The van der Waals surface area contributed by atoms with E-state index in [4.69, 9.17) is 0 Å². The molecule has 2 aromatic heterocycles. The zero-order valence-corrected chi connectivity index (χ0v) is 14.5. The van der Waals surface area contributed by atoms with Gasteiger partial charge in [0.15, 0.2) is 0 Å². The van der Waals surface area contributed by atoms with Crippen LogP contribution in [0, 0.1) is 13.8 Å². The first kappa shape index (κ1) is 15.1. The van der Waals surface area contributed by atoms with Gasteiger partial charge in [-0.2, -0.15) is 0 Å². The van der Waals surface area contributed by atoms with Crippen LogP contribution >= 0.6 is 11.3 Å². The maximum absolute atomic E-state index is 13.2. The summed E-state index contributed by atoms with van der Waals surface area (Å²) in [6.07, 6.45) is 3.78. The van der Waals surface area contributed by atoms with E-state index >= 15 is 0 Å². The normalized spacial score (nSPS) is 16.9. The number of thiazole rings is 1. The monoisotopic (exact) mass is 338 g/mol. The highest BCUT2D eigenvalue weighted by Crippen LogP contribution is 2.32. The van der Waals surface area contributed by atoms with Crippen molar-refractivity contribution < 1.29 is 4.79 Å². The molecule has 0 aliphatic carbocycles. The molecule has 1 atom stereocenters. The molecule has 1 aliphatic rings. The average molecular weight is 338 g/mol. The number of imidazole rings is 1. The highest BCUT2D eigenvalue weighted by atomic mass is 32.1. The number of carbonyl (C=O) groups is 1. The number of aromatic nitrogens is 3. The molecule has 3 aromatic rings. The van der Waals surface area contributed by atoms with Crippen molar-refractivity contribution in [2.75, 3.05) is 0 Å². The number of aryl methyl sites for hydroxylation is 2. The van der Waals surface area contributed by atoms with Crippen molar-refractivity contribution in [1.82, 2.24) is 19.4 Å². The van der Waals surface area contributed by atoms with Gasteiger partial charge in [-0.3, -0.25) is 4.79 Å². The fourth-order valence-corrected chi connectivity index (χ4v) is 4.12. The molecule has 0 saturated heterocycles. The zero-order valence-electron chi connectivity index (χ0n) is 13.6. The Hall–Kier alpha value is -2.47. The minimum absolute atomic E-state index is 0.00204. The summed E-state index contributed by atoms with van der Waals surface area (Å²) >= 11 is 1.47. The van der Waals surface area contributed by atoms with Gasteiger partial charge < -0.3 is 9.47 Å². The lowest BCUT2D eigenvalue weighted by molar-refractivity contribution is 0.0588. The molecular formula is C18H18N4OS. The van der Waals surface area contributed by atoms with Crippen LogP contribution in [0.25, 0.3) is 0 Å². The maximum atomic E-state index is 13.2. The minimum Gasteiger partial charge on any atom is -0.331 e. The van der Waals surface area contributed by atoms with E-state index in [2.05, 4.69) is 26.7 Å². The second-order valence-corrected chi connectivity index (χ2v) is 7.21. The predicted octanol–water partition coefficient (Wildman–Crippen LogP) is 3.35. The summed E-state index contributed by atoms with van der Waals surface area (Å²) < 4.78 is 2.13. The number of hydrogen-bond donors (Lipinski definition) is 0. The van der Waals surface area contributed by atoms with Gasteiger partial charge in [-0.25, -0.2) is 9.97 Å². The number of benzene rings is 1. The fourth-order valence-electron chi connectivity index (χ4n) is 3.24. The summed E-state index contributed by atoms with van der Waals surface area (Å²) in [7, 11) is 0. The van der Waals surface area contributed by atoms with Crippen LogP contribution in [0.5, 0.6) is 0 Å². The quantitative estimate of drug-likeness (QED) is 0.720. The number of nitrogens with zero attached hydrogens (tertiary/aromatic N) is 4. The Labute approximate surface area is 144 Å². The number of amides is 1. The number of rotatable bonds is 2. The fraction of sp³-hybridized carbons (Fsp3) is 0.278. The molecule has 0 fully saturated rings. The minimum atomic E-state index is 0.00204. The first-order valence-corrected chi connectivity index (χ1v) is 8.75. The summed E-state index contributed by atoms with van der Waals surface area (Å²) in [5.74, 6) is 0.968. The van der Waals surface area contributed by atoms with E-state index < -0.39 is 0 Å². The average Bonchev–Trinajstić information content (AvgIpc) is 3.19. The van der Waals surface area contributed by atoms with E-state index in [-0.39, 0.29) is 11.9 Å². The van der Waals surface area contributed by atoms with Gasteiger partial charge in [-0.15, -0.1) is 11.3 Å². The van der Waals surface area contributed by atoms with Crippen molar-refractivity contribution in [2.45, 2.75) is 33.0 Å². The molecular weight excluding hydrogens is 320 g/mol. The number of carbonyl (C=O) groups excluding carboxylic acids is 1. The Kier molecular flexibility index (Phi) is 3.69. The topological polar surface area (TPSA) is 51.0 Å². The van der Waals surface area contributed by atoms with Crippen molar-refractivity contribution in [1.29, 1.82) is 0 Å². The highest BCUT2D eigenvalue weighted by Gasteiger charge is 2.33. The summed E-state index contributed by atoms with van der Waals surface area (Å²) in [5, 5.41) is 0.922. The van der Waals surface area contributed by atoms with Gasteiger partial charge in [-0.05, 0) is 19.4 Å². The van der Waals surface area contributed by atoms with Crippen molar-refractivity contribution in [3.8, 4) is 0 Å². The molecule has 0 saturated carbocycles. The molecule has 5 nitrogen and oxygen atoms in total. The smallest absolute Gasteiger partial charge is 0.266 e. The lowest BCUT2D eigenvalue weighted by Crippen LogP contribution is -2.41. The molecule has 1 amide bonds. The third-order valence-corrected chi connectivity index (χ3v) is 5.46. The van der Waals surface area contributed by atoms with E-state index in [0.29, 0.717) is 6.54 Å². The Bertz CT molecular complexity index is 884. The molecule has 3 heterocycles. The Balaban J connectivity index is 1.75. The van der Waals surface area contributed by atoms with Crippen LogP contribution in [0.4, 0.5) is 0 Å². The lowest BCUT2D eigenvalue weighted by atomic mass is 10.0. The van der Waals surface area contributed by atoms with Crippen LogP contribution in [-0.4, -0.2) is 25.3 Å². The third kappa shape index (κ3) is 2.53. The molecule has 4 rings (SSSR count). The first-order chi connectivity index (χ1) is 11.6. The van der Waals surface area contributed by atoms with E-state index in [1.165, 1.54) is 11.3 Å². The molecule has 1 aromatic carbocycles. The van der Waals surface area contributed by atoms with Crippen LogP contribution in [0.15, 0.2) is 42.7 Å². The van der Waals surface area contributed by atoms with Crippen LogP contribution in [0.3, 0.4) is 0 Å². The van der Waals surface area contributed by atoms with Gasteiger partial charge in [0.25, 0.3) is 5.91 Å². The van der Waals surface area contributed by atoms with E-state index in [1.807, 2.05) is 43.1 Å². The zero-order chi connectivity index (χ0) is 16.7. The molecule has 0 spiro atoms. The molecule has 0 N–H and O–H groups in total. The largest absolute Gasteiger partial charge is 0.331 e. The standard InChI is InChI=1S/C18H18N4OS/c1-12-17(24-13(2)20-12)18(23)22-11-16-19-8-9-21(16)10-15(22)14-6-4-3-5-7-14/h3-9,15H,10-11H2,1-2H3. The summed E-state index contributed by atoms with van der Waals surface area (Å²) in [5.41, 5.74) is 1.95. The second-order valence-electron chi connectivity index (χ2n) is 6.00. The van der Waals surface area contributed by atoms with Gasteiger partial charge in [0, 0.05) is 18.9 Å². The number of fused-ring (bicyclic) bond motifs is 1. The summed E-state index contributed by atoms with van der Waals surface area (Å²) in [4.78, 5) is 24.7. The molecule has 1 unspecified atom stereocenters. The molecule has 6 heteroatoms. The van der Waals surface area contributed by atoms with Crippen molar-refractivity contribution >= 4 is 17.2 Å². The molecule has 0 bridgehead atoms. The van der Waals surface area contributed by atoms with Gasteiger partial charge in [-0.1, -0.05) is 30.3 Å². The highest BCUT2D eigenvalue weighted by molar-refractivity contribution is 7.13. The predicted molar refractivity (Wildman–Crippen MR) is 92.9 cm³/mol. The van der Waals surface area contributed by atoms with E-state index in [0.717, 1.165) is 33.5 Å². The van der Waals surface area contributed by atoms with E-state index in [1.54, 1.807) is 6.20 Å². The lowest BCUT2D eigenvalue weighted by Gasteiger charge is -2.36. The summed E-state index contributed by atoms with van der Waals surface area (Å²) in [6, 6.07) is 10.2. The molecule has 122 valence electrons. The molecule has 0 radical (unpaired) electrons. The SMILES string of the molecule is Cc1nc(C)c(C(=O)N2Cc3nccn3CC2c2ccccc2)s1. The van der Waals surface area contributed by atoms with Crippen molar-refractivity contribution in [3.63, 3.8) is 0 Å². The van der Waals surface area contributed by atoms with Gasteiger partial charge in [0.1, 0.15) is 10.7 Å². The van der Waals surface area contributed by atoms with Gasteiger partial charge in [0.05, 0.1) is 23.3 Å². The van der Waals surface area contributed by atoms with Gasteiger partial charge >= 0.3 is 0 Å². The van der Waals surface area contributed by atoms with Gasteiger partial charge in [0.2, 0.25) is 0 Å². The van der Waals surface area contributed by atoms with E-state index in [9.17, 15) is 4.79 Å².